The van der Waals surface area contributed by atoms with Crippen LogP contribution < -0.4 is 10.6 Å². The van der Waals surface area contributed by atoms with Gasteiger partial charge in [0.15, 0.2) is 0 Å². The molecule has 116 valence electrons. The number of amides is 1. The standard InChI is InChI=1S/C15H22ClN3O2/c1-2-7-17-14-8-12(13(16)9-18-14)15(21)19-10-3-5-11(20)6-4-10/h8-11,20H,2-7H2,1H3,(H,17,18)(H,19,21). The average Bonchev–Trinajstić information content (AvgIpc) is 2.48. The van der Waals surface area contributed by atoms with Crippen LogP contribution in [0.25, 0.3) is 0 Å². The second-order valence-electron chi connectivity index (χ2n) is 5.46. The van der Waals surface area contributed by atoms with E-state index in [1.807, 2.05) is 0 Å². The summed E-state index contributed by atoms with van der Waals surface area (Å²) in [7, 11) is 0. The number of aliphatic hydroxyl groups is 1. The molecule has 0 unspecified atom stereocenters. The van der Waals surface area contributed by atoms with Gasteiger partial charge in [0.2, 0.25) is 0 Å². The summed E-state index contributed by atoms with van der Waals surface area (Å²) in [4.78, 5) is 16.5. The summed E-state index contributed by atoms with van der Waals surface area (Å²) < 4.78 is 0. The molecular formula is C15H22ClN3O2. The van der Waals surface area contributed by atoms with E-state index in [2.05, 4.69) is 22.5 Å². The Kier molecular flexibility index (Phi) is 5.82. The third-order valence-corrected chi connectivity index (χ3v) is 3.99. The highest BCUT2D eigenvalue weighted by atomic mass is 35.5. The third-order valence-electron chi connectivity index (χ3n) is 3.69. The molecule has 1 saturated carbocycles. The maximum atomic E-state index is 12.3. The van der Waals surface area contributed by atoms with E-state index in [1.54, 1.807) is 6.07 Å². The summed E-state index contributed by atoms with van der Waals surface area (Å²) in [6, 6.07) is 1.79. The van der Waals surface area contributed by atoms with Gasteiger partial charge >= 0.3 is 0 Å². The minimum atomic E-state index is -0.229. The first-order chi connectivity index (χ1) is 10.1. The van der Waals surface area contributed by atoms with Crippen LogP contribution in [0.15, 0.2) is 12.3 Å². The number of pyridine rings is 1. The molecule has 1 fully saturated rings. The number of anilines is 1. The summed E-state index contributed by atoms with van der Waals surface area (Å²) >= 11 is 6.07. The number of hydrogen-bond donors (Lipinski definition) is 3. The van der Waals surface area contributed by atoms with Crippen LogP contribution in [0.4, 0.5) is 5.82 Å². The molecule has 0 spiro atoms. The van der Waals surface area contributed by atoms with E-state index in [-0.39, 0.29) is 18.1 Å². The van der Waals surface area contributed by atoms with Crippen LogP contribution in [0.2, 0.25) is 5.02 Å². The predicted molar refractivity (Wildman–Crippen MR) is 83.8 cm³/mol. The van der Waals surface area contributed by atoms with E-state index in [0.29, 0.717) is 16.4 Å². The average molecular weight is 312 g/mol. The van der Waals surface area contributed by atoms with Crippen LogP contribution in [0.3, 0.4) is 0 Å². The first-order valence-electron chi connectivity index (χ1n) is 7.48. The molecule has 1 amide bonds. The molecule has 5 nitrogen and oxygen atoms in total. The monoisotopic (exact) mass is 311 g/mol. The van der Waals surface area contributed by atoms with E-state index in [4.69, 9.17) is 11.6 Å². The van der Waals surface area contributed by atoms with Crippen LogP contribution in [0.1, 0.15) is 49.4 Å². The molecule has 0 aromatic carbocycles. The second kappa shape index (κ2) is 7.61. The van der Waals surface area contributed by atoms with Gasteiger partial charge in [0, 0.05) is 18.8 Å². The first-order valence-corrected chi connectivity index (χ1v) is 7.86. The number of rotatable bonds is 5. The van der Waals surface area contributed by atoms with Gasteiger partial charge in [0.1, 0.15) is 5.82 Å². The Hall–Kier alpha value is -1.33. The Balaban J connectivity index is 2.00. The summed E-state index contributed by atoms with van der Waals surface area (Å²) in [6.45, 7) is 2.87. The van der Waals surface area contributed by atoms with E-state index in [9.17, 15) is 9.90 Å². The quantitative estimate of drug-likeness (QED) is 0.781. The van der Waals surface area contributed by atoms with Crippen LogP contribution in [-0.2, 0) is 0 Å². The van der Waals surface area contributed by atoms with Crippen molar-refractivity contribution in [3.63, 3.8) is 0 Å². The van der Waals surface area contributed by atoms with Gasteiger partial charge in [0.25, 0.3) is 5.91 Å². The molecule has 6 heteroatoms. The van der Waals surface area contributed by atoms with Crippen molar-refractivity contribution in [3.8, 4) is 0 Å². The lowest BCUT2D eigenvalue weighted by atomic mass is 9.93. The fraction of sp³-hybridized carbons (Fsp3) is 0.600. The molecule has 0 atom stereocenters. The van der Waals surface area contributed by atoms with Crippen molar-refractivity contribution in [2.24, 2.45) is 0 Å². The summed E-state index contributed by atoms with van der Waals surface area (Å²) in [5, 5.41) is 16.0. The fourth-order valence-corrected chi connectivity index (χ4v) is 2.63. The van der Waals surface area contributed by atoms with E-state index >= 15 is 0 Å². The van der Waals surface area contributed by atoms with Crippen LogP contribution in [0.5, 0.6) is 0 Å². The fourth-order valence-electron chi connectivity index (χ4n) is 2.45. The van der Waals surface area contributed by atoms with Crippen LogP contribution in [-0.4, -0.2) is 34.7 Å². The molecule has 2 rings (SSSR count). The largest absolute Gasteiger partial charge is 0.393 e. The van der Waals surface area contributed by atoms with E-state index in [1.165, 1.54) is 6.20 Å². The lowest BCUT2D eigenvalue weighted by Gasteiger charge is -2.26. The lowest BCUT2D eigenvalue weighted by Crippen LogP contribution is -2.38. The normalized spacial score (nSPS) is 21.9. The van der Waals surface area contributed by atoms with Crippen molar-refractivity contribution < 1.29 is 9.90 Å². The number of aromatic nitrogens is 1. The van der Waals surface area contributed by atoms with Crippen molar-refractivity contribution in [2.75, 3.05) is 11.9 Å². The van der Waals surface area contributed by atoms with E-state index < -0.39 is 0 Å². The van der Waals surface area contributed by atoms with Gasteiger partial charge in [-0.05, 0) is 38.2 Å². The van der Waals surface area contributed by atoms with Crippen LogP contribution >= 0.6 is 11.6 Å². The molecule has 0 aliphatic heterocycles. The highest BCUT2D eigenvalue weighted by Gasteiger charge is 2.22. The second-order valence-corrected chi connectivity index (χ2v) is 5.86. The molecule has 0 bridgehead atoms. The zero-order chi connectivity index (χ0) is 15.2. The number of carbonyl (C=O) groups is 1. The van der Waals surface area contributed by atoms with Gasteiger partial charge in [-0.15, -0.1) is 0 Å². The number of nitrogens with zero attached hydrogens (tertiary/aromatic N) is 1. The molecule has 21 heavy (non-hydrogen) atoms. The predicted octanol–water partition coefficient (Wildman–Crippen LogP) is 2.59. The van der Waals surface area contributed by atoms with Crippen molar-refractivity contribution in [3.05, 3.63) is 22.8 Å². The summed E-state index contributed by atoms with van der Waals surface area (Å²) in [5.74, 6) is 0.480. The Morgan fingerprint density at radius 1 is 1.43 bits per heavy atom. The number of carbonyl (C=O) groups excluding carboxylic acids is 1. The van der Waals surface area contributed by atoms with Crippen LogP contribution in [0, 0.1) is 0 Å². The Morgan fingerprint density at radius 2 is 2.14 bits per heavy atom. The molecule has 0 radical (unpaired) electrons. The van der Waals surface area contributed by atoms with Gasteiger partial charge in [-0.3, -0.25) is 4.79 Å². The molecule has 0 saturated heterocycles. The highest BCUT2D eigenvalue weighted by Crippen LogP contribution is 2.21. The summed E-state index contributed by atoms with van der Waals surface area (Å²) in [5.41, 5.74) is 0.441. The Bertz CT molecular complexity index is 488. The zero-order valence-electron chi connectivity index (χ0n) is 12.2. The topological polar surface area (TPSA) is 74.2 Å². The SMILES string of the molecule is CCCNc1cc(C(=O)NC2CCC(O)CC2)c(Cl)cn1. The lowest BCUT2D eigenvalue weighted by molar-refractivity contribution is 0.0867. The maximum Gasteiger partial charge on any atom is 0.253 e. The summed E-state index contributed by atoms with van der Waals surface area (Å²) in [6.07, 6.45) is 5.33. The zero-order valence-corrected chi connectivity index (χ0v) is 13.0. The van der Waals surface area contributed by atoms with E-state index in [0.717, 1.165) is 38.6 Å². The minimum Gasteiger partial charge on any atom is -0.393 e. The molecule has 1 aromatic rings. The molecule has 3 N–H and O–H groups in total. The van der Waals surface area contributed by atoms with Gasteiger partial charge in [-0.1, -0.05) is 18.5 Å². The number of hydrogen-bond acceptors (Lipinski definition) is 4. The highest BCUT2D eigenvalue weighted by molar-refractivity contribution is 6.33. The molecule has 1 aliphatic carbocycles. The molecular weight excluding hydrogens is 290 g/mol. The van der Waals surface area contributed by atoms with Gasteiger partial charge in [-0.2, -0.15) is 0 Å². The van der Waals surface area contributed by atoms with Crippen molar-refractivity contribution in [2.45, 2.75) is 51.2 Å². The molecule has 1 aliphatic rings. The van der Waals surface area contributed by atoms with Gasteiger partial charge in [-0.25, -0.2) is 4.98 Å². The minimum absolute atomic E-state index is 0.109. The number of halogens is 1. The maximum absolute atomic E-state index is 12.3. The molecule has 1 aromatic heterocycles. The van der Waals surface area contributed by atoms with Gasteiger partial charge < -0.3 is 15.7 Å². The van der Waals surface area contributed by atoms with Crippen molar-refractivity contribution >= 4 is 23.3 Å². The smallest absolute Gasteiger partial charge is 0.253 e. The van der Waals surface area contributed by atoms with Gasteiger partial charge in [0.05, 0.1) is 16.7 Å². The molecule has 1 heterocycles. The Morgan fingerprint density at radius 3 is 2.81 bits per heavy atom. The first kappa shape index (κ1) is 16.0. The number of aliphatic hydroxyl groups excluding tert-OH is 1. The van der Waals surface area contributed by atoms with Crippen molar-refractivity contribution in [1.82, 2.24) is 10.3 Å². The third kappa shape index (κ3) is 4.58. The number of nitrogens with one attached hydrogen (secondary N) is 2. The Labute approximate surface area is 130 Å². The van der Waals surface area contributed by atoms with Crippen molar-refractivity contribution in [1.29, 1.82) is 0 Å².